The molecule has 0 radical (unpaired) electrons. The van der Waals surface area contributed by atoms with Crippen molar-refractivity contribution in [2.75, 3.05) is 17.8 Å². The topological polar surface area (TPSA) is 87.7 Å². The number of rotatable bonds is 5. The van der Waals surface area contributed by atoms with E-state index in [1.165, 1.54) is 0 Å². The molecule has 0 saturated carbocycles. The van der Waals surface area contributed by atoms with Gasteiger partial charge < -0.3 is 9.64 Å². The van der Waals surface area contributed by atoms with Gasteiger partial charge in [-0.05, 0) is 45.7 Å². The molecular weight excluding hydrogens is 330 g/mol. The zero-order valence-electron chi connectivity index (χ0n) is 14.3. The van der Waals surface area contributed by atoms with Crippen LogP contribution in [0.2, 0.25) is 0 Å². The van der Waals surface area contributed by atoms with Crippen molar-refractivity contribution < 1.29 is 17.9 Å². The van der Waals surface area contributed by atoms with Gasteiger partial charge >= 0.3 is 6.09 Å². The van der Waals surface area contributed by atoms with Gasteiger partial charge in [0.2, 0.25) is 0 Å². The molecule has 1 heterocycles. The Kier molecular flexibility index (Phi) is 5.71. The number of para-hydroxylation sites is 1. The number of carbonyl (C=O) groups excluding carboxylic acids is 1. The highest BCUT2D eigenvalue weighted by Gasteiger charge is 2.32. The Morgan fingerprint density at radius 2 is 1.96 bits per heavy atom. The van der Waals surface area contributed by atoms with E-state index in [0.29, 0.717) is 12.2 Å². The highest BCUT2D eigenvalue weighted by Crippen LogP contribution is 2.20. The smallest absolute Gasteiger partial charge is 0.410 e. The van der Waals surface area contributed by atoms with Crippen molar-refractivity contribution in [2.24, 2.45) is 0 Å². The van der Waals surface area contributed by atoms with Crippen molar-refractivity contribution in [3.05, 3.63) is 30.3 Å². The van der Waals surface area contributed by atoms with E-state index in [9.17, 15) is 13.2 Å². The Balaban J connectivity index is 1.91. The predicted molar refractivity (Wildman–Crippen MR) is 92.9 cm³/mol. The molecule has 0 unspecified atom stereocenters. The maximum absolute atomic E-state index is 12.2. The highest BCUT2D eigenvalue weighted by molar-refractivity contribution is 7.90. The Bertz CT molecular complexity index is 656. The van der Waals surface area contributed by atoms with E-state index < -0.39 is 21.9 Å². The van der Waals surface area contributed by atoms with Gasteiger partial charge in [0, 0.05) is 24.8 Å². The maximum atomic E-state index is 12.2. The molecule has 1 aliphatic rings. The van der Waals surface area contributed by atoms with Crippen LogP contribution in [0.25, 0.3) is 0 Å². The van der Waals surface area contributed by atoms with Crippen LogP contribution in [0.4, 0.5) is 10.5 Å². The molecule has 0 aromatic heterocycles. The van der Waals surface area contributed by atoms with Crippen LogP contribution in [0.5, 0.6) is 0 Å². The lowest BCUT2D eigenvalue weighted by Gasteiger charge is -2.28. The second-order valence-electron chi connectivity index (χ2n) is 6.79. The summed E-state index contributed by atoms with van der Waals surface area (Å²) in [5.74, 6) is 0. The summed E-state index contributed by atoms with van der Waals surface area (Å²) in [5.41, 5.74) is -0.0843. The molecule has 1 aromatic rings. The number of hydrogen-bond acceptors (Lipinski definition) is 4. The van der Waals surface area contributed by atoms with Crippen molar-refractivity contribution >= 4 is 22.0 Å². The predicted octanol–water partition coefficient (Wildman–Crippen LogP) is 2.33. The van der Waals surface area contributed by atoms with E-state index in [1.54, 1.807) is 29.2 Å². The van der Waals surface area contributed by atoms with E-state index >= 15 is 0 Å². The Labute approximate surface area is 143 Å². The molecule has 0 aliphatic carbocycles. The molecule has 1 atom stereocenters. The number of nitrogens with one attached hydrogen (secondary N) is 2. The van der Waals surface area contributed by atoms with Crippen molar-refractivity contribution in [3.63, 3.8) is 0 Å². The fraction of sp³-hybridized carbons (Fsp3) is 0.562. The summed E-state index contributed by atoms with van der Waals surface area (Å²) in [6.07, 6.45) is 1.17. The fourth-order valence-corrected chi connectivity index (χ4v) is 3.44. The third-order valence-electron chi connectivity index (χ3n) is 3.54. The monoisotopic (exact) mass is 355 g/mol. The van der Waals surface area contributed by atoms with Gasteiger partial charge in [-0.25, -0.2) is 4.79 Å². The molecule has 2 N–H and O–H groups in total. The number of carbonyl (C=O) groups is 1. The summed E-state index contributed by atoms with van der Waals surface area (Å²) < 4.78 is 34.5. The molecule has 1 fully saturated rings. The maximum Gasteiger partial charge on any atom is 0.410 e. The van der Waals surface area contributed by atoms with E-state index in [1.807, 2.05) is 26.8 Å². The quantitative estimate of drug-likeness (QED) is 0.848. The molecule has 7 nitrogen and oxygen atoms in total. The molecule has 1 aliphatic heterocycles. The van der Waals surface area contributed by atoms with Gasteiger partial charge in [0.15, 0.2) is 0 Å². The van der Waals surface area contributed by atoms with Crippen molar-refractivity contribution in [2.45, 2.75) is 45.3 Å². The van der Waals surface area contributed by atoms with Crippen molar-refractivity contribution in [3.8, 4) is 0 Å². The van der Waals surface area contributed by atoms with Crippen LogP contribution in [-0.2, 0) is 14.9 Å². The van der Waals surface area contributed by atoms with Crippen molar-refractivity contribution in [1.29, 1.82) is 0 Å². The van der Waals surface area contributed by atoms with Gasteiger partial charge in [-0.15, -0.1) is 0 Å². The fourth-order valence-electron chi connectivity index (χ4n) is 2.51. The molecule has 0 spiro atoms. The SMILES string of the molecule is CC(C)(C)OC(=O)N1CCC[C@H]1CNS(=O)(=O)Nc1ccccc1. The number of nitrogens with zero attached hydrogens (tertiary/aromatic N) is 1. The molecule has 2 rings (SSSR count). The Morgan fingerprint density at radius 3 is 2.58 bits per heavy atom. The van der Waals surface area contributed by atoms with Crippen LogP contribution in [-0.4, -0.2) is 44.1 Å². The van der Waals surface area contributed by atoms with Gasteiger partial charge in [-0.2, -0.15) is 13.1 Å². The lowest BCUT2D eigenvalue weighted by molar-refractivity contribution is 0.0229. The minimum absolute atomic E-state index is 0.154. The van der Waals surface area contributed by atoms with Gasteiger partial charge in [-0.1, -0.05) is 18.2 Å². The number of likely N-dealkylation sites (tertiary alicyclic amines) is 1. The number of hydrogen-bond donors (Lipinski definition) is 2. The summed E-state index contributed by atoms with van der Waals surface area (Å²) >= 11 is 0. The van der Waals surface area contributed by atoms with Crippen LogP contribution >= 0.6 is 0 Å². The highest BCUT2D eigenvalue weighted by atomic mass is 32.2. The first kappa shape index (κ1) is 18.5. The van der Waals surface area contributed by atoms with Crippen LogP contribution in [0.15, 0.2) is 30.3 Å². The summed E-state index contributed by atoms with van der Waals surface area (Å²) in [4.78, 5) is 13.8. The third kappa shape index (κ3) is 5.68. The molecule has 1 aromatic carbocycles. The largest absolute Gasteiger partial charge is 0.444 e. The van der Waals surface area contributed by atoms with Crippen LogP contribution in [0.1, 0.15) is 33.6 Å². The molecule has 0 bridgehead atoms. The summed E-state index contributed by atoms with van der Waals surface area (Å²) in [6.45, 7) is 6.15. The normalized spacial score (nSPS) is 18.5. The molecule has 1 saturated heterocycles. The second-order valence-corrected chi connectivity index (χ2v) is 8.29. The number of anilines is 1. The van der Waals surface area contributed by atoms with Gasteiger partial charge in [0.05, 0.1) is 0 Å². The molecular formula is C16H25N3O4S. The Hall–Kier alpha value is -1.80. The van der Waals surface area contributed by atoms with Crippen LogP contribution in [0, 0.1) is 0 Å². The number of benzene rings is 1. The number of amides is 1. The second kappa shape index (κ2) is 7.40. The van der Waals surface area contributed by atoms with Gasteiger partial charge in [0.25, 0.3) is 10.2 Å². The van der Waals surface area contributed by atoms with Crippen molar-refractivity contribution in [1.82, 2.24) is 9.62 Å². The first-order valence-corrected chi connectivity index (χ1v) is 9.47. The average molecular weight is 355 g/mol. The average Bonchev–Trinajstić information content (AvgIpc) is 2.93. The lowest BCUT2D eigenvalue weighted by atomic mass is 10.2. The van der Waals surface area contributed by atoms with E-state index in [4.69, 9.17) is 4.74 Å². The molecule has 134 valence electrons. The third-order valence-corrected chi connectivity index (χ3v) is 4.59. The van der Waals surface area contributed by atoms with Gasteiger partial charge in [-0.3, -0.25) is 4.72 Å². The summed E-state index contributed by atoms with van der Waals surface area (Å²) in [7, 11) is -3.69. The minimum atomic E-state index is -3.69. The van der Waals surface area contributed by atoms with Crippen LogP contribution < -0.4 is 9.44 Å². The standard InChI is InChI=1S/C16H25N3O4S/c1-16(2,3)23-15(20)19-11-7-10-14(19)12-17-24(21,22)18-13-8-5-4-6-9-13/h4-6,8-9,14,17-18H,7,10-12H2,1-3H3/t14-/m0/s1. The van der Waals surface area contributed by atoms with E-state index in [0.717, 1.165) is 12.8 Å². The first-order chi connectivity index (χ1) is 11.2. The summed E-state index contributed by atoms with van der Waals surface area (Å²) in [5, 5.41) is 0. The first-order valence-electron chi connectivity index (χ1n) is 7.98. The molecule has 24 heavy (non-hydrogen) atoms. The minimum Gasteiger partial charge on any atom is -0.444 e. The zero-order chi connectivity index (χ0) is 17.8. The van der Waals surface area contributed by atoms with E-state index in [2.05, 4.69) is 9.44 Å². The van der Waals surface area contributed by atoms with Crippen LogP contribution in [0.3, 0.4) is 0 Å². The Morgan fingerprint density at radius 1 is 1.29 bits per heavy atom. The molecule has 1 amide bonds. The van der Waals surface area contributed by atoms with Gasteiger partial charge in [0.1, 0.15) is 5.60 Å². The molecule has 8 heteroatoms. The lowest BCUT2D eigenvalue weighted by Crippen LogP contribution is -2.46. The summed E-state index contributed by atoms with van der Waals surface area (Å²) in [6, 6.07) is 8.44. The zero-order valence-corrected chi connectivity index (χ0v) is 15.1. The van der Waals surface area contributed by atoms with E-state index in [-0.39, 0.29) is 12.6 Å². The number of ether oxygens (including phenoxy) is 1.